The lowest BCUT2D eigenvalue weighted by Crippen LogP contribution is -2.14. The van der Waals surface area contributed by atoms with E-state index in [0.717, 1.165) is 29.2 Å². The number of anilines is 2. The van der Waals surface area contributed by atoms with Gasteiger partial charge in [-0.25, -0.2) is 0 Å². The highest BCUT2D eigenvalue weighted by molar-refractivity contribution is 5.85. The van der Waals surface area contributed by atoms with E-state index in [9.17, 15) is 4.79 Å². The summed E-state index contributed by atoms with van der Waals surface area (Å²) in [5.41, 5.74) is 4.62. The molecular weight excluding hydrogens is 224 g/mol. The molecule has 92 valence electrons. The predicted octanol–water partition coefficient (Wildman–Crippen LogP) is 3.12. The molecule has 0 saturated heterocycles. The Morgan fingerprint density at radius 3 is 2.83 bits per heavy atom. The van der Waals surface area contributed by atoms with Crippen LogP contribution in [-0.2, 0) is 17.6 Å². The van der Waals surface area contributed by atoms with Crippen LogP contribution in [0.1, 0.15) is 23.2 Å². The van der Waals surface area contributed by atoms with Crippen LogP contribution in [0.25, 0.3) is 0 Å². The van der Waals surface area contributed by atoms with Gasteiger partial charge in [0, 0.05) is 24.2 Å². The van der Waals surface area contributed by atoms with Crippen molar-refractivity contribution in [2.45, 2.75) is 26.2 Å². The van der Waals surface area contributed by atoms with E-state index in [1.807, 2.05) is 31.2 Å². The lowest BCUT2D eigenvalue weighted by Gasteiger charge is -2.19. The van der Waals surface area contributed by atoms with Crippen LogP contribution in [0.3, 0.4) is 0 Å². The highest BCUT2D eigenvalue weighted by Crippen LogP contribution is 2.28. The van der Waals surface area contributed by atoms with Crippen molar-refractivity contribution in [1.29, 1.82) is 0 Å². The van der Waals surface area contributed by atoms with Gasteiger partial charge in [-0.3, -0.25) is 4.79 Å². The molecule has 0 radical (unpaired) electrons. The van der Waals surface area contributed by atoms with Gasteiger partial charge in [0.1, 0.15) is 11.6 Å². The summed E-state index contributed by atoms with van der Waals surface area (Å²) in [6.07, 6.45) is 2.10. The molecular formula is C15H16N2O. The number of aromatic amines is 1. The van der Waals surface area contributed by atoms with Crippen molar-refractivity contribution in [3.05, 3.63) is 47.2 Å². The van der Waals surface area contributed by atoms with Gasteiger partial charge in [0.15, 0.2) is 0 Å². The maximum absolute atomic E-state index is 11.6. The summed E-state index contributed by atoms with van der Waals surface area (Å²) < 4.78 is 0. The highest BCUT2D eigenvalue weighted by Gasteiger charge is 2.18. The van der Waals surface area contributed by atoms with Crippen molar-refractivity contribution in [3.8, 4) is 0 Å². The zero-order valence-electron chi connectivity index (χ0n) is 10.4. The van der Waals surface area contributed by atoms with E-state index in [1.165, 1.54) is 5.56 Å². The number of nitrogens with one attached hydrogen (secondary N) is 2. The van der Waals surface area contributed by atoms with Crippen LogP contribution in [0.5, 0.6) is 0 Å². The Labute approximate surface area is 106 Å². The number of benzene rings is 1. The zero-order valence-corrected chi connectivity index (χ0v) is 10.4. The first-order valence-electron chi connectivity index (χ1n) is 6.27. The lowest BCUT2D eigenvalue weighted by atomic mass is 9.89. The minimum atomic E-state index is 0.333. The van der Waals surface area contributed by atoms with Crippen molar-refractivity contribution >= 4 is 17.3 Å². The van der Waals surface area contributed by atoms with Crippen LogP contribution in [-0.4, -0.2) is 10.8 Å². The molecule has 3 rings (SSSR count). The summed E-state index contributed by atoms with van der Waals surface area (Å²) in [4.78, 5) is 14.8. The number of carbonyl (C=O) groups excluding carboxylic acids is 1. The van der Waals surface area contributed by atoms with E-state index in [0.29, 0.717) is 18.6 Å². The number of carbonyl (C=O) groups is 1. The van der Waals surface area contributed by atoms with Gasteiger partial charge in [-0.2, -0.15) is 0 Å². The monoisotopic (exact) mass is 240 g/mol. The Hall–Kier alpha value is -2.03. The molecule has 1 aromatic carbocycles. The van der Waals surface area contributed by atoms with Crippen LogP contribution >= 0.6 is 0 Å². The minimum absolute atomic E-state index is 0.333. The van der Waals surface area contributed by atoms with Crippen LogP contribution < -0.4 is 5.32 Å². The predicted molar refractivity (Wildman–Crippen MR) is 72.3 cm³/mol. The SMILES string of the molecule is Cc1ccc(Nc2cccc3c2CC(=O)CC3)[nH]1. The molecule has 0 bridgehead atoms. The lowest BCUT2D eigenvalue weighted by molar-refractivity contribution is -0.118. The zero-order chi connectivity index (χ0) is 12.5. The number of aryl methyl sites for hydroxylation is 2. The summed E-state index contributed by atoms with van der Waals surface area (Å²) in [6, 6.07) is 10.2. The Balaban J connectivity index is 1.95. The maximum Gasteiger partial charge on any atom is 0.137 e. The molecule has 1 aliphatic carbocycles. The molecule has 0 aliphatic heterocycles. The van der Waals surface area contributed by atoms with Crippen molar-refractivity contribution < 1.29 is 4.79 Å². The van der Waals surface area contributed by atoms with Crippen molar-refractivity contribution in [3.63, 3.8) is 0 Å². The van der Waals surface area contributed by atoms with E-state index in [-0.39, 0.29) is 0 Å². The third kappa shape index (κ3) is 2.04. The van der Waals surface area contributed by atoms with Crippen LogP contribution in [0, 0.1) is 6.92 Å². The summed E-state index contributed by atoms with van der Waals surface area (Å²) in [7, 11) is 0. The van der Waals surface area contributed by atoms with E-state index in [2.05, 4.69) is 16.4 Å². The molecule has 0 amide bonds. The number of hydrogen-bond donors (Lipinski definition) is 2. The third-order valence-corrected chi connectivity index (χ3v) is 3.42. The number of Topliss-reactive ketones (excluding diaryl/α,β-unsaturated/α-hetero) is 1. The summed E-state index contributed by atoms with van der Waals surface area (Å²) in [5.74, 6) is 1.30. The van der Waals surface area contributed by atoms with Crippen LogP contribution in [0.4, 0.5) is 11.5 Å². The van der Waals surface area contributed by atoms with E-state index in [4.69, 9.17) is 0 Å². The Bertz CT molecular complexity index is 598. The van der Waals surface area contributed by atoms with Gasteiger partial charge in [0.05, 0.1) is 0 Å². The number of ketones is 1. The molecule has 18 heavy (non-hydrogen) atoms. The van der Waals surface area contributed by atoms with Crippen LogP contribution in [0.15, 0.2) is 30.3 Å². The average Bonchev–Trinajstić information content (AvgIpc) is 2.76. The second-order valence-electron chi connectivity index (χ2n) is 4.84. The molecule has 2 aromatic rings. The number of aromatic nitrogens is 1. The Morgan fingerprint density at radius 2 is 2.06 bits per heavy atom. The molecule has 0 atom stereocenters. The molecule has 1 aromatic heterocycles. The number of fused-ring (bicyclic) bond motifs is 1. The Morgan fingerprint density at radius 1 is 1.17 bits per heavy atom. The minimum Gasteiger partial charge on any atom is -0.346 e. The second kappa shape index (κ2) is 4.33. The van der Waals surface area contributed by atoms with Gasteiger partial charge < -0.3 is 10.3 Å². The van der Waals surface area contributed by atoms with Gasteiger partial charge in [0.25, 0.3) is 0 Å². The number of H-pyrrole nitrogens is 1. The second-order valence-corrected chi connectivity index (χ2v) is 4.84. The fourth-order valence-electron chi connectivity index (χ4n) is 2.48. The molecule has 0 fully saturated rings. The molecule has 1 heterocycles. The number of hydrogen-bond acceptors (Lipinski definition) is 2. The summed E-state index contributed by atoms with van der Waals surface area (Å²) in [5, 5.41) is 3.37. The molecule has 0 unspecified atom stereocenters. The molecule has 1 aliphatic rings. The van der Waals surface area contributed by atoms with Crippen LogP contribution in [0.2, 0.25) is 0 Å². The first-order chi connectivity index (χ1) is 8.72. The van der Waals surface area contributed by atoms with E-state index in [1.54, 1.807) is 0 Å². The molecule has 3 nitrogen and oxygen atoms in total. The van der Waals surface area contributed by atoms with E-state index < -0.39 is 0 Å². The molecule has 0 saturated carbocycles. The van der Waals surface area contributed by atoms with E-state index >= 15 is 0 Å². The largest absolute Gasteiger partial charge is 0.346 e. The smallest absolute Gasteiger partial charge is 0.137 e. The number of rotatable bonds is 2. The maximum atomic E-state index is 11.6. The summed E-state index contributed by atoms with van der Waals surface area (Å²) in [6.45, 7) is 2.02. The fourth-order valence-corrected chi connectivity index (χ4v) is 2.48. The first-order valence-corrected chi connectivity index (χ1v) is 6.27. The van der Waals surface area contributed by atoms with Gasteiger partial charge in [-0.1, -0.05) is 12.1 Å². The average molecular weight is 240 g/mol. The van der Waals surface area contributed by atoms with Crippen molar-refractivity contribution in [2.75, 3.05) is 5.32 Å². The van der Waals surface area contributed by atoms with Gasteiger partial charge in [-0.05, 0) is 42.7 Å². The van der Waals surface area contributed by atoms with Crippen molar-refractivity contribution in [2.24, 2.45) is 0 Å². The topological polar surface area (TPSA) is 44.9 Å². The van der Waals surface area contributed by atoms with Gasteiger partial charge in [-0.15, -0.1) is 0 Å². The highest BCUT2D eigenvalue weighted by atomic mass is 16.1. The molecule has 0 spiro atoms. The molecule has 3 heteroatoms. The standard InChI is InChI=1S/C15H16N2O/c1-10-5-8-15(16-10)17-14-4-2-3-11-6-7-12(18)9-13(11)14/h2-5,8,16-17H,6-7,9H2,1H3. The Kier molecular flexibility index (Phi) is 2.67. The quantitative estimate of drug-likeness (QED) is 0.847. The fraction of sp³-hybridized carbons (Fsp3) is 0.267. The normalized spacial score (nSPS) is 14.4. The summed E-state index contributed by atoms with van der Waals surface area (Å²) >= 11 is 0. The van der Waals surface area contributed by atoms with Gasteiger partial charge in [0.2, 0.25) is 0 Å². The third-order valence-electron chi connectivity index (χ3n) is 3.42. The van der Waals surface area contributed by atoms with Crippen molar-refractivity contribution in [1.82, 2.24) is 4.98 Å². The first kappa shape index (κ1) is 11.1. The van der Waals surface area contributed by atoms with Gasteiger partial charge >= 0.3 is 0 Å². The molecule has 2 N–H and O–H groups in total.